The predicted molar refractivity (Wildman–Crippen MR) is 80.1 cm³/mol. The van der Waals surface area contributed by atoms with Crippen molar-refractivity contribution < 1.29 is 0 Å². The molecule has 0 atom stereocenters. The van der Waals surface area contributed by atoms with Crippen LogP contribution in [-0.4, -0.2) is 16.5 Å². The van der Waals surface area contributed by atoms with Gasteiger partial charge in [-0.05, 0) is 32.1 Å². The Morgan fingerprint density at radius 2 is 1.84 bits per heavy atom. The molecule has 0 amide bonds. The molecule has 0 radical (unpaired) electrons. The van der Waals surface area contributed by atoms with Gasteiger partial charge in [0.15, 0.2) is 0 Å². The van der Waals surface area contributed by atoms with Gasteiger partial charge in [-0.3, -0.25) is 0 Å². The molecule has 1 heterocycles. The van der Waals surface area contributed by atoms with Crippen molar-refractivity contribution in [2.75, 3.05) is 17.6 Å². The monoisotopic (exact) mass is 262 g/mol. The zero-order chi connectivity index (χ0) is 13.8. The third-order valence-electron chi connectivity index (χ3n) is 4.28. The van der Waals surface area contributed by atoms with E-state index in [0.717, 1.165) is 35.6 Å². The summed E-state index contributed by atoms with van der Waals surface area (Å²) in [6.45, 7) is 7.20. The second-order valence-electron chi connectivity index (χ2n) is 5.97. The first kappa shape index (κ1) is 14.1. The van der Waals surface area contributed by atoms with Crippen molar-refractivity contribution in [3.63, 3.8) is 0 Å². The normalized spacial score (nSPS) is 23.3. The third-order valence-corrected chi connectivity index (χ3v) is 4.28. The molecule has 1 aliphatic rings. The van der Waals surface area contributed by atoms with Crippen molar-refractivity contribution in [1.29, 1.82) is 0 Å². The van der Waals surface area contributed by atoms with Crippen molar-refractivity contribution in [1.82, 2.24) is 9.97 Å². The minimum absolute atomic E-state index is 0.585. The van der Waals surface area contributed by atoms with Crippen LogP contribution in [-0.2, 0) is 0 Å². The molecule has 4 nitrogen and oxygen atoms in total. The maximum atomic E-state index is 5.86. The Bertz CT molecular complexity index is 422. The summed E-state index contributed by atoms with van der Waals surface area (Å²) in [5.41, 5.74) is 6.82. The summed E-state index contributed by atoms with van der Waals surface area (Å²) in [5.74, 6) is 4.02. The molecule has 0 aromatic carbocycles. The van der Waals surface area contributed by atoms with Crippen LogP contribution in [0, 0.1) is 25.7 Å². The lowest BCUT2D eigenvalue weighted by Gasteiger charge is -2.26. The number of anilines is 2. The Hall–Kier alpha value is -1.32. The molecule has 0 spiro atoms. The fraction of sp³-hybridized carbons (Fsp3) is 0.733. The van der Waals surface area contributed by atoms with E-state index in [1.165, 1.54) is 32.1 Å². The Kier molecular flexibility index (Phi) is 4.61. The van der Waals surface area contributed by atoms with Gasteiger partial charge < -0.3 is 11.1 Å². The molecule has 1 aliphatic carbocycles. The lowest BCUT2D eigenvalue weighted by atomic mass is 9.81. The van der Waals surface area contributed by atoms with E-state index in [4.69, 9.17) is 5.73 Å². The van der Waals surface area contributed by atoms with Crippen LogP contribution in [0.4, 0.5) is 11.6 Å². The van der Waals surface area contributed by atoms with E-state index in [9.17, 15) is 0 Å². The Labute approximate surface area is 116 Å². The summed E-state index contributed by atoms with van der Waals surface area (Å²) in [7, 11) is 0. The second kappa shape index (κ2) is 6.22. The van der Waals surface area contributed by atoms with E-state index >= 15 is 0 Å². The first-order valence-corrected chi connectivity index (χ1v) is 7.41. The van der Waals surface area contributed by atoms with E-state index < -0.39 is 0 Å². The largest absolute Gasteiger partial charge is 0.383 e. The number of nitrogens with zero attached hydrogens (tertiary/aromatic N) is 2. The molecule has 0 unspecified atom stereocenters. The van der Waals surface area contributed by atoms with Crippen LogP contribution in [0.15, 0.2) is 0 Å². The van der Waals surface area contributed by atoms with Crippen molar-refractivity contribution in [2.45, 2.75) is 52.9 Å². The number of aromatic nitrogens is 2. The predicted octanol–water partition coefficient (Wildman–Crippen LogP) is 3.30. The summed E-state index contributed by atoms with van der Waals surface area (Å²) in [6, 6.07) is 0. The lowest BCUT2D eigenvalue weighted by molar-refractivity contribution is 0.282. The van der Waals surface area contributed by atoms with Crippen molar-refractivity contribution in [3.8, 4) is 0 Å². The Morgan fingerprint density at radius 1 is 1.16 bits per heavy atom. The van der Waals surface area contributed by atoms with Crippen molar-refractivity contribution in [3.05, 3.63) is 11.4 Å². The van der Waals surface area contributed by atoms with Crippen LogP contribution in [0.25, 0.3) is 0 Å². The SMILES string of the molecule is Cc1nc(N)c(C)c(NCCC2CCC(C)CC2)n1. The summed E-state index contributed by atoms with van der Waals surface area (Å²) in [5, 5.41) is 3.42. The summed E-state index contributed by atoms with van der Waals surface area (Å²) in [6.07, 6.45) is 6.78. The maximum absolute atomic E-state index is 5.86. The number of aryl methyl sites for hydroxylation is 1. The van der Waals surface area contributed by atoms with Gasteiger partial charge in [0.05, 0.1) is 0 Å². The average Bonchev–Trinajstić information content (AvgIpc) is 2.37. The van der Waals surface area contributed by atoms with Crippen molar-refractivity contribution in [2.24, 2.45) is 11.8 Å². The fourth-order valence-corrected chi connectivity index (χ4v) is 2.83. The molecule has 1 fully saturated rings. The zero-order valence-electron chi connectivity index (χ0n) is 12.4. The van der Waals surface area contributed by atoms with Crippen LogP contribution in [0.2, 0.25) is 0 Å². The van der Waals surface area contributed by atoms with Gasteiger partial charge in [0.1, 0.15) is 17.5 Å². The number of hydrogen-bond acceptors (Lipinski definition) is 4. The maximum Gasteiger partial charge on any atom is 0.134 e. The van der Waals surface area contributed by atoms with Gasteiger partial charge in [-0.1, -0.05) is 32.6 Å². The molecule has 3 N–H and O–H groups in total. The summed E-state index contributed by atoms with van der Waals surface area (Å²) in [4.78, 5) is 8.59. The van der Waals surface area contributed by atoms with Gasteiger partial charge in [0, 0.05) is 12.1 Å². The first-order valence-electron chi connectivity index (χ1n) is 7.41. The van der Waals surface area contributed by atoms with Crippen LogP contribution in [0.1, 0.15) is 50.4 Å². The Balaban J connectivity index is 1.83. The molecular weight excluding hydrogens is 236 g/mol. The van der Waals surface area contributed by atoms with Gasteiger partial charge in [0.2, 0.25) is 0 Å². The first-order chi connectivity index (χ1) is 9.06. The molecule has 4 heteroatoms. The number of nitrogen functional groups attached to an aromatic ring is 1. The highest BCUT2D eigenvalue weighted by molar-refractivity contribution is 5.54. The van der Waals surface area contributed by atoms with E-state index in [0.29, 0.717) is 5.82 Å². The van der Waals surface area contributed by atoms with E-state index in [1.54, 1.807) is 0 Å². The van der Waals surface area contributed by atoms with E-state index in [1.807, 2.05) is 13.8 Å². The standard InChI is InChI=1S/C15H26N4/c1-10-4-6-13(7-5-10)8-9-17-15-11(2)14(16)18-12(3)19-15/h10,13H,4-9H2,1-3H3,(H3,16,17,18,19). The van der Waals surface area contributed by atoms with Crippen LogP contribution < -0.4 is 11.1 Å². The fourth-order valence-electron chi connectivity index (χ4n) is 2.83. The molecule has 1 saturated carbocycles. The van der Waals surface area contributed by atoms with Gasteiger partial charge in [-0.25, -0.2) is 9.97 Å². The highest BCUT2D eigenvalue weighted by Crippen LogP contribution is 2.30. The van der Waals surface area contributed by atoms with Gasteiger partial charge in [-0.2, -0.15) is 0 Å². The summed E-state index contributed by atoms with van der Waals surface area (Å²) >= 11 is 0. The van der Waals surface area contributed by atoms with Crippen LogP contribution >= 0.6 is 0 Å². The molecule has 0 bridgehead atoms. The highest BCUT2D eigenvalue weighted by Gasteiger charge is 2.17. The number of hydrogen-bond donors (Lipinski definition) is 2. The van der Waals surface area contributed by atoms with Gasteiger partial charge in [0.25, 0.3) is 0 Å². The molecule has 0 saturated heterocycles. The smallest absolute Gasteiger partial charge is 0.134 e. The molecule has 0 aliphatic heterocycles. The summed E-state index contributed by atoms with van der Waals surface area (Å²) < 4.78 is 0. The Morgan fingerprint density at radius 3 is 2.53 bits per heavy atom. The molecule has 1 aromatic heterocycles. The quantitative estimate of drug-likeness (QED) is 0.874. The zero-order valence-corrected chi connectivity index (χ0v) is 12.4. The third kappa shape index (κ3) is 3.82. The van der Waals surface area contributed by atoms with E-state index in [2.05, 4.69) is 22.2 Å². The van der Waals surface area contributed by atoms with Crippen LogP contribution in [0.5, 0.6) is 0 Å². The molecule has 19 heavy (non-hydrogen) atoms. The highest BCUT2D eigenvalue weighted by atomic mass is 15.0. The number of rotatable bonds is 4. The minimum Gasteiger partial charge on any atom is -0.383 e. The molecule has 1 aromatic rings. The minimum atomic E-state index is 0.585. The molecular formula is C15H26N4. The van der Waals surface area contributed by atoms with Gasteiger partial charge >= 0.3 is 0 Å². The van der Waals surface area contributed by atoms with Gasteiger partial charge in [-0.15, -0.1) is 0 Å². The average molecular weight is 262 g/mol. The lowest BCUT2D eigenvalue weighted by Crippen LogP contribution is -2.17. The van der Waals surface area contributed by atoms with E-state index in [-0.39, 0.29) is 0 Å². The topological polar surface area (TPSA) is 63.8 Å². The number of nitrogens with one attached hydrogen (secondary N) is 1. The van der Waals surface area contributed by atoms with Crippen molar-refractivity contribution >= 4 is 11.6 Å². The van der Waals surface area contributed by atoms with Crippen LogP contribution in [0.3, 0.4) is 0 Å². The number of nitrogens with two attached hydrogens (primary N) is 1. The second-order valence-corrected chi connectivity index (χ2v) is 5.97. The molecule has 2 rings (SSSR count). The molecule has 106 valence electrons.